The zero-order valence-corrected chi connectivity index (χ0v) is 34.0. The maximum Gasteiger partial charge on any atom is 0.330 e. The Hall–Kier alpha value is -2.90. The van der Waals surface area contributed by atoms with E-state index < -0.39 is 17.9 Å². The second-order valence-corrected chi connectivity index (χ2v) is 12.9. The second-order valence-electron chi connectivity index (χ2n) is 12.9. The fraction of sp³-hybridized carbons (Fsp3) is 0.762. The molecule has 0 heterocycles. The van der Waals surface area contributed by atoms with Gasteiger partial charge in [0.05, 0.1) is 38.8 Å². The van der Waals surface area contributed by atoms with Gasteiger partial charge in [-0.2, -0.15) is 0 Å². The fourth-order valence-electron chi connectivity index (χ4n) is 5.69. The van der Waals surface area contributed by atoms with Gasteiger partial charge in [0.1, 0.15) is 0 Å². The molecule has 0 aromatic heterocycles. The van der Waals surface area contributed by atoms with Gasteiger partial charge in [-0.3, -0.25) is 9.59 Å². The number of hydrogen-bond acceptors (Lipinski definition) is 8. The lowest BCUT2D eigenvalue weighted by atomic mass is 9.80. The van der Waals surface area contributed by atoms with Gasteiger partial charge < -0.3 is 18.9 Å². The zero-order chi connectivity index (χ0) is 38.7. The number of unbranched alkanes of at least 4 members (excludes halogenated alkanes) is 1. The van der Waals surface area contributed by atoms with Gasteiger partial charge in [0.15, 0.2) is 0 Å². The highest BCUT2D eigenvalue weighted by Gasteiger charge is 2.32. The van der Waals surface area contributed by atoms with Crippen molar-refractivity contribution in [2.45, 2.75) is 160 Å². The first-order valence-corrected chi connectivity index (χ1v) is 19.4. The maximum atomic E-state index is 12.4. The van der Waals surface area contributed by atoms with E-state index in [1.54, 1.807) is 27.7 Å². The van der Waals surface area contributed by atoms with E-state index in [2.05, 4.69) is 63.7 Å². The third-order valence-electron chi connectivity index (χ3n) is 8.37. The van der Waals surface area contributed by atoms with Crippen LogP contribution in [0.4, 0.5) is 0 Å². The summed E-state index contributed by atoms with van der Waals surface area (Å²) in [6.07, 6.45) is 19.4. The largest absolute Gasteiger partial charge is 0.466 e. The minimum atomic E-state index is -0.537. The van der Waals surface area contributed by atoms with Crippen LogP contribution in [0.1, 0.15) is 160 Å². The smallest absolute Gasteiger partial charge is 0.330 e. The highest BCUT2D eigenvalue weighted by Crippen LogP contribution is 2.31. The number of allylic oxidation sites excluding steroid dienone is 3. The summed E-state index contributed by atoms with van der Waals surface area (Å²) in [6.45, 7) is 27.6. The fourth-order valence-corrected chi connectivity index (χ4v) is 5.69. The van der Waals surface area contributed by atoms with Gasteiger partial charge >= 0.3 is 23.9 Å². The summed E-state index contributed by atoms with van der Waals surface area (Å²) in [7, 11) is 0. The molecule has 8 heteroatoms. The van der Waals surface area contributed by atoms with Crippen molar-refractivity contribution in [3.63, 3.8) is 0 Å². The first-order valence-electron chi connectivity index (χ1n) is 19.4. The van der Waals surface area contributed by atoms with E-state index in [1.165, 1.54) is 63.4 Å². The number of esters is 4. The van der Waals surface area contributed by atoms with E-state index in [0.717, 1.165) is 48.8 Å². The Morgan fingerprint density at radius 2 is 1.04 bits per heavy atom. The molecule has 0 saturated carbocycles. The minimum Gasteiger partial charge on any atom is -0.466 e. The summed E-state index contributed by atoms with van der Waals surface area (Å²) in [5.41, 5.74) is 2.40. The van der Waals surface area contributed by atoms with Gasteiger partial charge in [0.2, 0.25) is 0 Å². The van der Waals surface area contributed by atoms with Gasteiger partial charge in [0.25, 0.3) is 0 Å². The van der Waals surface area contributed by atoms with Gasteiger partial charge in [-0.25, -0.2) is 9.59 Å². The summed E-state index contributed by atoms with van der Waals surface area (Å²) < 4.78 is 19.3. The second kappa shape index (κ2) is 35.9. The number of carbonyl (C=O) groups excluding carboxylic acids is 4. The zero-order valence-electron chi connectivity index (χ0n) is 34.0. The highest BCUT2D eigenvalue weighted by atomic mass is 16.5. The predicted molar refractivity (Wildman–Crippen MR) is 207 cm³/mol. The molecule has 0 fully saturated rings. The van der Waals surface area contributed by atoms with Crippen LogP contribution in [-0.4, -0.2) is 50.3 Å². The first kappa shape index (κ1) is 51.5. The van der Waals surface area contributed by atoms with Crippen LogP contribution in [0, 0.1) is 23.7 Å². The quantitative estimate of drug-likeness (QED) is 0.0303. The highest BCUT2D eigenvalue weighted by molar-refractivity contribution is 5.91. The van der Waals surface area contributed by atoms with Crippen LogP contribution in [0.15, 0.2) is 36.0 Å². The first-order chi connectivity index (χ1) is 23.8. The van der Waals surface area contributed by atoms with Crippen molar-refractivity contribution in [1.29, 1.82) is 0 Å². The Kier molecular flexibility index (Phi) is 37.0. The van der Waals surface area contributed by atoms with Crippen LogP contribution >= 0.6 is 0 Å². The van der Waals surface area contributed by atoms with E-state index in [0.29, 0.717) is 26.4 Å². The number of ether oxygens (including phenoxy) is 4. The summed E-state index contributed by atoms with van der Waals surface area (Å²) >= 11 is 0. The minimum absolute atomic E-state index is 0.0393. The molecule has 0 bridgehead atoms. The Bertz CT molecular complexity index is 927. The molecule has 0 saturated heterocycles. The number of hydrogen-bond donors (Lipinski definition) is 0. The molecule has 292 valence electrons. The van der Waals surface area contributed by atoms with Gasteiger partial charge in [-0.15, -0.1) is 0 Å². The van der Waals surface area contributed by atoms with Crippen molar-refractivity contribution in [2.24, 2.45) is 23.7 Å². The van der Waals surface area contributed by atoms with Crippen molar-refractivity contribution >= 4 is 23.9 Å². The van der Waals surface area contributed by atoms with Crippen LogP contribution in [0.25, 0.3) is 0 Å². The van der Waals surface area contributed by atoms with Gasteiger partial charge in [-0.05, 0) is 85.5 Å². The van der Waals surface area contributed by atoms with Crippen molar-refractivity contribution in [2.75, 3.05) is 26.4 Å². The number of rotatable bonds is 25. The molecule has 0 aliphatic carbocycles. The number of carbonyl (C=O) groups is 4. The molecule has 0 aliphatic rings. The Balaban J connectivity index is -0.000000740. The molecule has 0 aromatic carbocycles. The summed E-state index contributed by atoms with van der Waals surface area (Å²) in [6, 6.07) is 0. The van der Waals surface area contributed by atoms with Crippen molar-refractivity contribution in [1.82, 2.24) is 0 Å². The Morgan fingerprint density at radius 1 is 0.580 bits per heavy atom. The standard InChI is InChI=1S/C21H38O4.C13H26.C8H12O4/c1-7-12-17(8-2)13-11-14-18(16(5)6)19(21(23)25-10-4)15-20(22)24-9-3;1-5-9-13(6-2)11-8-7-10-12(3)4;1-3-11-7(9)5-6-8(10)12-4-2/h17-19H,5,7-15H2,1-4,6H3;10,13H,5-9,11H2,1-4H3;5-6H,3-4H2,1-2H3/b;;6-5-. The molecule has 4 unspecified atom stereocenters. The molecule has 4 atom stereocenters. The lowest BCUT2D eigenvalue weighted by Gasteiger charge is -2.26. The molecule has 0 aromatic rings. The molecule has 8 nitrogen and oxygen atoms in total. The molecule has 0 aliphatic heterocycles. The van der Waals surface area contributed by atoms with Gasteiger partial charge in [0, 0.05) is 12.2 Å². The summed E-state index contributed by atoms with van der Waals surface area (Å²) in [4.78, 5) is 45.6. The Labute approximate surface area is 307 Å². The van der Waals surface area contributed by atoms with E-state index in [-0.39, 0.29) is 24.3 Å². The molecule has 0 radical (unpaired) electrons. The van der Waals surface area contributed by atoms with Gasteiger partial charge in [-0.1, -0.05) is 109 Å². The lowest BCUT2D eigenvalue weighted by molar-refractivity contribution is -0.156. The van der Waals surface area contributed by atoms with Crippen LogP contribution in [0.2, 0.25) is 0 Å². The molecule has 0 spiro atoms. The van der Waals surface area contributed by atoms with Crippen molar-refractivity contribution in [3.05, 3.63) is 36.0 Å². The Morgan fingerprint density at radius 3 is 1.42 bits per heavy atom. The molecule has 0 amide bonds. The van der Waals surface area contributed by atoms with Crippen LogP contribution in [-0.2, 0) is 38.1 Å². The lowest BCUT2D eigenvalue weighted by Crippen LogP contribution is -2.30. The van der Waals surface area contributed by atoms with Crippen LogP contribution < -0.4 is 0 Å². The average Bonchev–Trinajstić information content (AvgIpc) is 3.06. The van der Waals surface area contributed by atoms with Crippen LogP contribution in [0.5, 0.6) is 0 Å². The predicted octanol–water partition coefficient (Wildman–Crippen LogP) is 10.9. The normalized spacial score (nSPS) is 12.9. The molecule has 0 rings (SSSR count). The van der Waals surface area contributed by atoms with E-state index in [9.17, 15) is 19.2 Å². The third kappa shape index (κ3) is 31.1. The summed E-state index contributed by atoms with van der Waals surface area (Å²) in [5, 5.41) is 0. The van der Waals surface area contributed by atoms with Crippen molar-refractivity contribution < 1.29 is 38.1 Å². The van der Waals surface area contributed by atoms with E-state index >= 15 is 0 Å². The van der Waals surface area contributed by atoms with Crippen molar-refractivity contribution in [3.8, 4) is 0 Å². The van der Waals surface area contributed by atoms with Crippen LogP contribution in [0.3, 0.4) is 0 Å². The third-order valence-corrected chi connectivity index (χ3v) is 8.37. The molecular formula is C42H76O8. The summed E-state index contributed by atoms with van der Waals surface area (Å²) in [5.74, 6) is -0.549. The molecule has 0 N–H and O–H groups in total. The topological polar surface area (TPSA) is 105 Å². The molecule has 50 heavy (non-hydrogen) atoms. The maximum absolute atomic E-state index is 12.4. The SMILES string of the molecule is C=C(C)C(CCCC(CC)CCC)C(CC(=O)OCC)C(=O)OCC.CCCC(CC)CCCC=C(C)C.CCOC(=O)/C=C\C(=O)OCC. The van der Waals surface area contributed by atoms with E-state index in [1.807, 2.05) is 6.92 Å². The monoisotopic (exact) mass is 709 g/mol. The van der Waals surface area contributed by atoms with E-state index in [4.69, 9.17) is 9.47 Å². The average molecular weight is 709 g/mol. The molecular weight excluding hydrogens is 632 g/mol.